The maximum absolute atomic E-state index is 12.1. The number of hydrogen-bond donors (Lipinski definition) is 0. The van der Waals surface area contributed by atoms with E-state index in [4.69, 9.17) is 4.74 Å². The van der Waals surface area contributed by atoms with Gasteiger partial charge in [0.2, 0.25) is 0 Å². The van der Waals surface area contributed by atoms with Gasteiger partial charge in [-0.3, -0.25) is 4.79 Å². The van der Waals surface area contributed by atoms with Crippen molar-refractivity contribution in [3.8, 4) is 5.75 Å². The number of anilines is 1. The van der Waals surface area contributed by atoms with Gasteiger partial charge in [-0.2, -0.15) is 0 Å². The van der Waals surface area contributed by atoms with Crippen molar-refractivity contribution >= 4 is 23.1 Å². The second-order valence-electron chi connectivity index (χ2n) is 4.76. The van der Waals surface area contributed by atoms with Gasteiger partial charge in [0.05, 0.1) is 11.3 Å². The topological polar surface area (TPSA) is 41.9 Å². The van der Waals surface area contributed by atoms with Crippen molar-refractivity contribution in [1.29, 1.82) is 0 Å². The quantitative estimate of drug-likeness (QED) is 0.839. The van der Waals surface area contributed by atoms with E-state index in [0.29, 0.717) is 17.0 Å². The van der Waals surface area contributed by atoms with Crippen LogP contribution < -0.4 is 9.64 Å². The fourth-order valence-corrected chi connectivity index (χ4v) is 2.03. The second kappa shape index (κ2) is 4.81. The lowest BCUT2D eigenvalue weighted by Gasteiger charge is -2.11. The van der Waals surface area contributed by atoms with Crippen LogP contribution in [0.25, 0.3) is 0 Å². The highest BCUT2D eigenvalue weighted by molar-refractivity contribution is 6.46. The Balaban J connectivity index is 1.89. The Kier molecular flexibility index (Phi) is 2.99. The van der Waals surface area contributed by atoms with Gasteiger partial charge in [0.15, 0.2) is 0 Å². The number of aliphatic imine (C=N–C) groups is 1. The van der Waals surface area contributed by atoms with E-state index in [1.165, 1.54) is 0 Å². The molecule has 20 heavy (non-hydrogen) atoms. The Labute approximate surface area is 117 Å². The molecule has 2 aromatic rings. The normalized spacial score (nSPS) is 15.1. The molecule has 100 valence electrons. The third-order valence-corrected chi connectivity index (χ3v) is 3.13. The van der Waals surface area contributed by atoms with E-state index >= 15 is 0 Å². The highest BCUT2D eigenvalue weighted by atomic mass is 16.5. The molecule has 1 heterocycles. The Hall–Kier alpha value is -2.62. The molecule has 0 aromatic heterocycles. The average molecular weight is 266 g/mol. The summed E-state index contributed by atoms with van der Waals surface area (Å²) >= 11 is 0. The van der Waals surface area contributed by atoms with Gasteiger partial charge in [0, 0.05) is 19.8 Å². The Morgan fingerprint density at radius 2 is 1.70 bits per heavy atom. The molecule has 0 saturated heterocycles. The maximum atomic E-state index is 12.1. The van der Waals surface area contributed by atoms with Crippen molar-refractivity contribution < 1.29 is 9.53 Å². The van der Waals surface area contributed by atoms with E-state index in [0.717, 1.165) is 5.69 Å². The van der Waals surface area contributed by atoms with Crippen molar-refractivity contribution in [2.75, 3.05) is 19.0 Å². The average Bonchev–Trinajstić information content (AvgIpc) is 2.77. The van der Waals surface area contributed by atoms with Gasteiger partial charge in [-0.15, -0.1) is 0 Å². The fourth-order valence-electron chi connectivity index (χ4n) is 2.03. The number of Topliss-reactive ketones (excluding diaryl/α,β-unsaturated/α-hetero) is 1. The van der Waals surface area contributed by atoms with Gasteiger partial charge in [-0.05, 0) is 36.4 Å². The first-order valence-electron chi connectivity index (χ1n) is 6.33. The van der Waals surface area contributed by atoms with Crippen LogP contribution in [0.5, 0.6) is 5.75 Å². The molecule has 0 N–H and O–H groups in total. The summed E-state index contributed by atoms with van der Waals surface area (Å²) in [6.07, 6.45) is 0. The number of benzene rings is 2. The molecule has 3 rings (SSSR count). The zero-order chi connectivity index (χ0) is 14.1. The zero-order valence-corrected chi connectivity index (χ0v) is 11.3. The third kappa shape index (κ3) is 2.16. The van der Waals surface area contributed by atoms with Crippen LogP contribution in [-0.2, 0) is 0 Å². The standard InChI is InChI=1S/C16H14N2O2/c1-18(2)12-9-7-11(8-10-12)17-16-15(19)13-5-3-4-6-14(13)20-16/h3-10H,1-2H3. The molecule has 0 radical (unpaired) electrons. The SMILES string of the molecule is CN(C)c1ccc(N=C2Oc3ccccc3C2=O)cc1. The van der Waals surface area contributed by atoms with Gasteiger partial charge >= 0.3 is 0 Å². The summed E-state index contributed by atoms with van der Waals surface area (Å²) in [5, 5.41) is 0. The zero-order valence-electron chi connectivity index (χ0n) is 11.3. The van der Waals surface area contributed by atoms with Crippen LogP contribution in [0, 0.1) is 0 Å². The Morgan fingerprint density at radius 1 is 1.00 bits per heavy atom. The summed E-state index contributed by atoms with van der Waals surface area (Å²) in [4.78, 5) is 18.4. The van der Waals surface area contributed by atoms with Crippen LogP contribution in [0.15, 0.2) is 53.5 Å². The Morgan fingerprint density at radius 3 is 2.35 bits per heavy atom. The maximum Gasteiger partial charge on any atom is 0.269 e. The number of carbonyl (C=O) groups is 1. The van der Waals surface area contributed by atoms with Gasteiger partial charge in [-0.1, -0.05) is 12.1 Å². The molecule has 4 heteroatoms. The summed E-state index contributed by atoms with van der Waals surface area (Å²) in [6.45, 7) is 0. The van der Waals surface area contributed by atoms with E-state index in [-0.39, 0.29) is 11.7 Å². The van der Waals surface area contributed by atoms with Gasteiger partial charge in [0.25, 0.3) is 11.7 Å². The third-order valence-electron chi connectivity index (χ3n) is 3.13. The smallest absolute Gasteiger partial charge is 0.269 e. The van der Waals surface area contributed by atoms with E-state index in [9.17, 15) is 4.79 Å². The summed E-state index contributed by atoms with van der Waals surface area (Å²) < 4.78 is 5.49. The van der Waals surface area contributed by atoms with Crippen LogP contribution in [0.3, 0.4) is 0 Å². The molecule has 0 saturated carbocycles. The number of ketones is 1. The fraction of sp³-hybridized carbons (Fsp3) is 0.125. The van der Waals surface area contributed by atoms with Crippen molar-refractivity contribution in [3.63, 3.8) is 0 Å². The first-order chi connectivity index (χ1) is 9.65. The molecule has 1 aliphatic rings. The highest BCUT2D eigenvalue weighted by Crippen LogP contribution is 2.27. The molecule has 0 fully saturated rings. The molecule has 0 amide bonds. The molecule has 0 bridgehead atoms. The summed E-state index contributed by atoms with van der Waals surface area (Å²) in [6, 6.07) is 14.8. The summed E-state index contributed by atoms with van der Waals surface area (Å²) in [7, 11) is 3.95. The molecular weight excluding hydrogens is 252 g/mol. The molecule has 0 spiro atoms. The van der Waals surface area contributed by atoms with Crippen molar-refractivity contribution in [2.45, 2.75) is 0 Å². The van der Waals surface area contributed by atoms with Crippen LogP contribution >= 0.6 is 0 Å². The monoisotopic (exact) mass is 266 g/mol. The van der Waals surface area contributed by atoms with E-state index in [1.807, 2.05) is 55.4 Å². The van der Waals surface area contributed by atoms with E-state index < -0.39 is 0 Å². The molecular formula is C16H14N2O2. The highest BCUT2D eigenvalue weighted by Gasteiger charge is 2.28. The first-order valence-corrected chi connectivity index (χ1v) is 6.33. The predicted octanol–water partition coefficient (Wildman–Crippen LogP) is 3.06. The van der Waals surface area contributed by atoms with Gasteiger partial charge < -0.3 is 9.64 Å². The van der Waals surface area contributed by atoms with E-state index in [2.05, 4.69) is 4.99 Å². The lowest BCUT2D eigenvalue weighted by atomic mass is 10.1. The number of fused-ring (bicyclic) bond motifs is 1. The molecule has 1 aliphatic heterocycles. The minimum atomic E-state index is -0.169. The molecule has 0 unspecified atom stereocenters. The van der Waals surface area contributed by atoms with Crippen LogP contribution in [0.2, 0.25) is 0 Å². The molecule has 0 atom stereocenters. The number of nitrogens with zero attached hydrogens (tertiary/aromatic N) is 2. The molecule has 0 aliphatic carbocycles. The number of carbonyl (C=O) groups excluding carboxylic acids is 1. The second-order valence-corrected chi connectivity index (χ2v) is 4.76. The Bertz CT molecular complexity index is 688. The molecule has 4 nitrogen and oxygen atoms in total. The van der Waals surface area contributed by atoms with Crippen molar-refractivity contribution in [3.05, 3.63) is 54.1 Å². The number of hydrogen-bond acceptors (Lipinski definition) is 4. The van der Waals surface area contributed by atoms with Crippen LogP contribution in [0.1, 0.15) is 10.4 Å². The predicted molar refractivity (Wildman–Crippen MR) is 79.3 cm³/mol. The minimum absolute atomic E-state index is 0.129. The van der Waals surface area contributed by atoms with Crippen molar-refractivity contribution in [2.24, 2.45) is 4.99 Å². The number of para-hydroxylation sites is 1. The lowest BCUT2D eigenvalue weighted by molar-refractivity contribution is 0.106. The molecule has 2 aromatic carbocycles. The van der Waals surface area contributed by atoms with Gasteiger partial charge in [0.1, 0.15) is 5.75 Å². The number of rotatable bonds is 2. The first kappa shape index (κ1) is 12.4. The van der Waals surface area contributed by atoms with Crippen LogP contribution in [0.4, 0.5) is 11.4 Å². The van der Waals surface area contributed by atoms with Gasteiger partial charge in [-0.25, -0.2) is 4.99 Å². The van der Waals surface area contributed by atoms with Crippen LogP contribution in [-0.4, -0.2) is 25.8 Å². The van der Waals surface area contributed by atoms with Crippen molar-refractivity contribution in [1.82, 2.24) is 0 Å². The largest absolute Gasteiger partial charge is 0.435 e. The summed E-state index contributed by atoms with van der Waals surface area (Å²) in [5.74, 6) is 0.530. The minimum Gasteiger partial charge on any atom is -0.435 e. The number of ether oxygens (including phenoxy) is 1. The summed E-state index contributed by atoms with van der Waals surface area (Å²) in [5.41, 5.74) is 2.35. The van der Waals surface area contributed by atoms with E-state index in [1.54, 1.807) is 12.1 Å². The lowest BCUT2D eigenvalue weighted by Crippen LogP contribution is -2.11.